The largest absolute Gasteiger partial charge is 0.478 e. The molecule has 2 aromatic rings. The molecule has 2 rings (SSSR count). The highest BCUT2D eigenvalue weighted by atomic mass is 79.9. The van der Waals surface area contributed by atoms with E-state index in [-0.39, 0.29) is 5.56 Å². The van der Waals surface area contributed by atoms with Crippen LogP contribution in [0.25, 0.3) is 0 Å². The summed E-state index contributed by atoms with van der Waals surface area (Å²) < 4.78 is 0.948. The Morgan fingerprint density at radius 2 is 1.95 bits per heavy atom. The summed E-state index contributed by atoms with van der Waals surface area (Å²) in [5, 5.41) is 12.3. The Hall–Kier alpha value is -2.01. The second-order valence-electron chi connectivity index (χ2n) is 4.11. The molecule has 0 radical (unpaired) electrons. The van der Waals surface area contributed by atoms with Gasteiger partial charge in [0, 0.05) is 10.2 Å². The minimum Gasteiger partial charge on any atom is -0.478 e. The first-order valence-electron chi connectivity index (χ1n) is 5.64. The Kier molecular flexibility index (Phi) is 3.76. The molecule has 0 atom stereocenters. The van der Waals surface area contributed by atoms with Crippen molar-refractivity contribution in [1.29, 1.82) is 0 Å². The zero-order valence-electron chi connectivity index (χ0n) is 10.3. The molecule has 2 aromatic carbocycles. The number of para-hydroxylation sites is 1. The predicted molar refractivity (Wildman–Crippen MR) is 80.0 cm³/mol. The quantitative estimate of drug-likeness (QED) is 0.752. The molecule has 0 heterocycles. The van der Waals surface area contributed by atoms with Crippen LogP contribution in [0.1, 0.15) is 15.9 Å². The van der Waals surface area contributed by atoms with E-state index in [0.29, 0.717) is 11.4 Å². The first-order valence-corrected chi connectivity index (χ1v) is 6.44. The van der Waals surface area contributed by atoms with Crippen molar-refractivity contribution in [1.82, 2.24) is 0 Å². The molecule has 0 spiro atoms. The zero-order valence-corrected chi connectivity index (χ0v) is 11.9. The van der Waals surface area contributed by atoms with Crippen molar-refractivity contribution in [3.05, 3.63) is 52.0 Å². The fourth-order valence-corrected chi connectivity index (χ4v) is 2.13. The van der Waals surface area contributed by atoms with Crippen molar-refractivity contribution in [3.63, 3.8) is 0 Å². The number of aromatic carboxylic acids is 1. The molecule has 0 fully saturated rings. The molecule has 0 saturated carbocycles. The van der Waals surface area contributed by atoms with E-state index >= 15 is 0 Å². The second kappa shape index (κ2) is 5.32. The van der Waals surface area contributed by atoms with Gasteiger partial charge in [-0.2, -0.15) is 0 Å². The highest BCUT2D eigenvalue weighted by Crippen LogP contribution is 2.31. The molecule has 0 aliphatic heterocycles. The lowest BCUT2D eigenvalue weighted by Gasteiger charge is -2.14. The van der Waals surface area contributed by atoms with Crippen LogP contribution in [0.2, 0.25) is 0 Å². The molecule has 5 heteroatoms. The summed E-state index contributed by atoms with van der Waals surface area (Å²) in [6.45, 7) is 1.94. The van der Waals surface area contributed by atoms with Crippen molar-refractivity contribution in [2.24, 2.45) is 0 Å². The van der Waals surface area contributed by atoms with Gasteiger partial charge in [-0.25, -0.2) is 4.79 Å². The molecular weight excluding hydrogens is 308 g/mol. The molecule has 0 aliphatic rings. The molecule has 98 valence electrons. The maximum Gasteiger partial charge on any atom is 0.337 e. The Morgan fingerprint density at radius 3 is 2.63 bits per heavy atom. The van der Waals surface area contributed by atoms with Gasteiger partial charge in [0.05, 0.1) is 16.9 Å². The van der Waals surface area contributed by atoms with E-state index in [9.17, 15) is 9.90 Å². The lowest BCUT2D eigenvalue weighted by atomic mass is 10.1. The molecule has 19 heavy (non-hydrogen) atoms. The average molecular weight is 321 g/mol. The normalized spacial score (nSPS) is 10.2. The lowest BCUT2D eigenvalue weighted by molar-refractivity contribution is 0.0698. The van der Waals surface area contributed by atoms with Crippen LogP contribution in [-0.4, -0.2) is 11.1 Å². The zero-order chi connectivity index (χ0) is 14.0. The number of nitrogen functional groups attached to an aromatic ring is 1. The van der Waals surface area contributed by atoms with Crippen LogP contribution < -0.4 is 11.1 Å². The maximum absolute atomic E-state index is 11.2. The predicted octanol–water partition coefficient (Wildman–Crippen LogP) is 3.78. The van der Waals surface area contributed by atoms with Gasteiger partial charge in [0.25, 0.3) is 0 Å². The summed E-state index contributed by atoms with van der Waals surface area (Å²) in [4.78, 5) is 11.2. The topological polar surface area (TPSA) is 75.3 Å². The standard InChI is InChI=1S/C14H13BrN2O2/c1-8-10(15)5-3-7-12(8)17-13-9(14(18)19)4-2-6-11(13)16/h2-7,17H,16H2,1H3,(H,18,19). The highest BCUT2D eigenvalue weighted by Gasteiger charge is 2.13. The van der Waals surface area contributed by atoms with E-state index in [2.05, 4.69) is 21.2 Å². The third-order valence-electron chi connectivity index (χ3n) is 2.85. The van der Waals surface area contributed by atoms with Crippen molar-refractivity contribution in [2.75, 3.05) is 11.1 Å². The molecule has 0 aromatic heterocycles. The van der Waals surface area contributed by atoms with Gasteiger partial charge < -0.3 is 16.2 Å². The monoisotopic (exact) mass is 320 g/mol. The van der Waals surface area contributed by atoms with E-state index in [1.807, 2.05) is 25.1 Å². The minimum absolute atomic E-state index is 0.152. The highest BCUT2D eigenvalue weighted by molar-refractivity contribution is 9.10. The fourth-order valence-electron chi connectivity index (χ4n) is 1.77. The number of nitrogens with one attached hydrogen (secondary N) is 1. The number of nitrogens with two attached hydrogens (primary N) is 1. The average Bonchev–Trinajstić information content (AvgIpc) is 2.36. The number of carbonyl (C=O) groups is 1. The molecule has 4 nitrogen and oxygen atoms in total. The van der Waals surface area contributed by atoms with Gasteiger partial charge in [-0.15, -0.1) is 0 Å². The number of benzene rings is 2. The van der Waals surface area contributed by atoms with E-state index in [0.717, 1.165) is 15.7 Å². The van der Waals surface area contributed by atoms with E-state index < -0.39 is 5.97 Å². The van der Waals surface area contributed by atoms with E-state index in [1.54, 1.807) is 12.1 Å². The third kappa shape index (κ3) is 2.71. The lowest BCUT2D eigenvalue weighted by Crippen LogP contribution is -2.06. The fraction of sp³-hybridized carbons (Fsp3) is 0.0714. The molecule has 0 bridgehead atoms. The van der Waals surface area contributed by atoms with Crippen molar-refractivity contribution < 1.29 is 9.90 Å². The van der Waals surface area contributed by atoms with Crippen molar-refractivity contribution in [3.8, 4) is 0 Å². The number of rotatable bonds is 3. The minimum atomic E-state index is -1.01. The summed E-state index contributed by atoms with van der Waals surface area (Å²) >= 11 is 3.44. The number of carboxylic acids is 1. The van der Waals surface area contributed by atoms with Crippen molar-refractivity contribution >= 4 is 39.0 Å². The van der Waals surface area contributed by atoms with Crippen LogP contribution >= 0.6 is 15.9 Å². The van der Waals surface area contributed by atoms with Gasteiger partial charge in [0.2, 0.25) is 0 Å². The number of hydrogen-bond acceptors (Lipinski definition) is 3. The number of anilines is 3. The molecule has 0 aliphatic carbocycles. The van der Waals surface area contributed by atoms with Gasteiger partial charge in [-0.05, 0) is 36.8 Å². The summed E-state index contributed by atoms with van der Waals surface area (Å²) in [5.74, 6) is -1.01. The SMILES string of the molecule is Cc1c(Br)cccc1Nc1c(N)cccc1C(=O)O. The van der Waals surface area contributed by atoms with Crippen LogP contribution in [0.5, 0.6) is 0 Å². The van der Waals surface area contributed by atoms with Crippen LogP contribution in [0.4, 0.5) is 17.1 Å². The number of halogens is 1. The molecule has 0 saturated heterocycles. The van der Waals surface area contributed by atoms with Gasteiger partial charge in [0.1, 0.15) is 0 Å². The van der Waals surface area contributed by atoms with Gasteiger partial charge in [-0.1, -0.05) is 28.1 Å². The smallest absolute Gasteiger partial charge is 0.337 e. The Morgan fingerprint density at radius 1 is 1.26 bits per heavy atom. The van der Waals surface area contributed by atoms with Crippen LogP contribution in [0.3, 0.4) is 0 Å². The Bertz CT molecular complexity index is 641. The number of carboxylic acid groups (broad SMARTS) is 1. The second-order valence-corrected chi connectivity index (χ2v) is 4.97. The summed E-state index contributed by atoms with van der Waals surface area (Å²) in [7, 11) is 0. The van der Waals surface area contributed by atoms with Crippen LogP contribution in [0.15, 0.2) is 40.9 Å². The van der Waals surface area contributed by atoms with Crippen LogP contribution in [0, 0.1) is 6.92 Å². The summed E-state index contributed by atoms with van der Waals surface area (Å²) in [5.41, 5.74) is 8.63. The van der Waals surface area contributed by atoms with Crippen LogP contribution in [-0.2, 0) is 0 Å². The summed E-state index contributed by atoms with van der Waals surface area (Å²) in [6, 6.07) is 10.5. The first kappa shape index (κ1) is 13.4. The van der Waals surface area contributed by atoms with E-state index in [1.165, 1.54) is 6.07 Å². The molecular formula is C14H13BrN2O2. The molecule has 0 unspecified atom stereocenters. The van der Waals surface area contributed by atoms with E-state index in [4.69, 9.17) is 5.73 Å². The molecule has 0 amide bonds. The third-order valence-corrected chi connectivity index (χ3v) is 3.71. The summed E-state index contributed by atoms with van der Waals surface area (Å²) in [6.07, 6.45) is 0. The molecule has 4 N–H and O–H groups in total. The van der Waals surface area contributed by atoms with Gasteiger partial charge >= 0.3 is 5.97 Å². The maximum atomic E-state index is 11.2. The van der Waals surface area contributed by atoms with Crippen molar-refractivity contribution in [2.45, 2.75) is 6.92 Å². The number of hydrogen-bond donors (Lipinski definition) is 3. The Balaban J connectivity index is 2.49. The first-order chi connectivity index (χ1) is 9.00. The van der Waals surface area contributed by atoms with Gasteiger partial charge in [-0.3, -0.25) is 0 Å². The Labute approximate surface area is 119 Å². The van der Waals surface area contributed by atoms with Gasteiger partial charge in [0.15, 0.2) is 0 Å².